The van der Waals surface area contributed by atoms with Gasteiger partial charge in [0.2, 0.25) is 17.7 Å². The smallest absolute Gasteiger partial charge is 0.247 e. The predicted octanol–water partition coefficient (Wildman–Crippen LogP) is 2.59. The molecule has 4 heterocycles. The maximum absolute atomic E-state index is 14.1. The Morgan fingerprint density at radius 2 is 1.89 bits per heavy atom. The lowest BCUT2D eigenvalue weighted by atomic mass is 9.62. The molecule has 2 fully saturated rings. The number of amides is 3. The summed E-state index contributed by atoms with van der Waals surface area (Å²) < 4.78 is 12.2. The molecule has 4 aliphatic heterocycles. The standard InChI is InChI=1S/C29H35N3O6/c1-16-27(4,5)29(14-28(16)15-32-20(34)10-7-17(13-33)22(32)24(35)31(28)6)18-8-9-19-23(21(18)30-25(29)36)37-12-11-26(2,3)38-19/h7-12,16-17,22,33H,13-15H2,1-6H3,(H,30,36)/t16-,17?,22-,28?,29-/m1/s1. The number of nitrogens with one attached hydrogen (secondary N) is 1. The van der Waals surface area contributed by atoms with Crippen LogP contribution in [0.3, 0.4) is 0 Å². The number of aliphatic hydroxyl groups excluding tert-OH is 1. The van der Waals surface area contributed by atoms with Crippen molar-refractivity contribution in [1.82, 2.24) is 9.80 Å². The molecular weight excluding hydrogens is 486 g/mol. The number of rotatable bonds is 1. The van der Waals surface area contributed by atoms with Gasteiger partial charge in [-0.05, 0) is 55.4 Å². The largest absolute Gasteiger partial charge is 0.480 e. The predicted molar refractivity (Wildman–Crippen MR) is 140 cm³/mol. The molecule has 1 saturated carbocycles. The van der Waals surface area contributed by atoms with E-state index in [-0.39, 0.29) is 36.8 Å². The third-order valence-corrected chi connectivity index (χ3v) is 10.2. The molecule has 2 spiro atoms. The molecule has 3 amide bonds. The molecule has 38 heavy (non-hydrogen) atoms. The first kappa shape index (κ1) is 25.0. The highest BCUT2D eigenvalue weighted by Crippen LogP contribution is 2.68. The molecule has 5 aliphatic rings. The summed E-state index contributed by atoms with van der Waals surface area (Å²) in [6, 6.07) is 3.04. The van der Waals surface area contributed by atoms with E-state index in [0.717, 1.165) is 5.56 Å². The molecule has 2 N–H and O–H groups in total. The highest BCUT2D eigenvalue weighted by molar-refractivity contribution is 6.09. The number of anilines is 1. The number of carbonyl (C=O) groups is 3. The van der Waals surface area contributed by atoms with Crippen LogP contribution in [-0.4, -0.2) is 70.0 Å². The molecule has 1 aromatic carbocycles. The number of fused-ring (bicyclic) bond motifs is 5. The van der Waals surface area contributed by atoms with Gasteiger partial charge in [0.1, 0.15) is 11.6 Å². The third-order valence-electron chi connectivity index (χ3n) is 10.2. The second-order valence-corrected chi connectivity index (χ2v) is 12.5. The Labute approximate surface area is 222 Å². The molecule has 1 aromatic rings. The Morgan fingerprint density at radius 1 is 1.16 bits per heavy atom. The van der Waals surface area contributed by atoms with E-state index in [2.05, 4.69) is 26.1 Å². The number of carbonyl (C=O) groups excluding carboxylic acids is 3. The molecule has 0 radical (unpaired) electrons. The van der Waals surface area contributed by atoms with Crippen molar-refractivity contribution in [3.05, 3.63) is 42.2 Å². The van der Waals surface area contributed by atoms with Crippen LogP contribution >= 0.6 is 0 Å². The second-order valence-electron chi connectivity index (χ2n) is 12.5. The maximum atomic E-state index is 14.1. The summed E-state index contributed by atoms with van der Waals surface area (Å²) in [4.78, 5) is 44.4. The van der Waals surface area contributed by atoms with Gasteiger partial charge in [-0.1, -0.05) is 32.9 Å². The lowest BCUT2D eigenvalue weighted by Crippen LogP contribution is -2.72. The van der Waals surface area contributed by atoms with Gasteiger partial charge in [-0.15, -0.1) is 0 Å². The summed E-state index contributed by atoms with van der Waals surface area (Å²) in [5, 5.41) is 13.0. The number of nitrogens with zero attached hydrogens (tertiary/aromatic N) is 2. The van der Waals surface area contributed by atoms with Gasteiger partial charge in [-0.2, -0.15) is 0 Å². The van der Waals surface area contributed by atoms with Gasteiger partial charge in [0.05, 0.1) is 29.5 Å². The summed E-state index contributed by atoms with van der Waals surface area (Å²) in [5.41, 5.74) is -1.53. The van der Waals surface area contributed by atoms with Gasteiger partial charge >= 0.3 is 0 Å². The zero-order chi connectivity index (χ0) is 27.4. The van der Waals surface area contributed by atoms with Crippen molar-refractivity contribution in [2.24, 2.45) is 17.3 Å². The van der Waals surface area contributed by atoms with Crippen LogP contribution in [0.5, 0.6) is 11.5 Å². The maximum Gasteiger partial charge on any atom is 0.247 e. The van der Waals surface area contributed by atoms with Crippen LogP contribution in [0, 0.1) is 17.3 Å². The normalized spacial score (nSPS) is 36.0. The molecule has 202 valence electrons. The van der Waals surface area contributed by atoms with Crippen LogP contribution in [0.25, 0.3) is 0 Å². The lowest BCUT2D eigenvalue weighted by Gasteiger charge is -2.55. The van der Waals surface area contributed by atoms with E-state index in [1.54, 1.807) is 29.2 Å². The minimum atomic E-state index is -0.974. The second kappa shape index (κ2) is 7.62. The van der Waals surface area contributed by atoms with E-state index in [4.69, 9.17) is 9.47 Å². The summed E-state index contributed by atoms with van der Waals surface area (Å²) in [7, 11) is 1.77. The molecule has 1 saturated heterocycles. The fourth-order valence-corrected chi connectivity index (χ4v) is 7.71. The van der Waals surface area contributed by atoms with E-state index in [1.165, 1.54) is 6.08 Å². The Kier molecular flexibility index (Phi) is 5.01. The molecular formula is C29H35N3O6. The van der Waals surface area contributed by atoms with E-state index in [0.29, 0.717) is 23.6 Å². The highest BCUT2D eigenvalue weighted by atomic mass is 16.5. The Bertz CT molecular complexity index is 1330. The van der Waals surface area contributed by atoms with Gasteiger partial charge in [0.15, 0.2) is 11.5 Å². The van der Waals surface area contributed by atoms with Crippen molar-refractivity contribution in [1.29, 1.82) is 0 Å². The van der Waals surface area contributed by atoms with Crippen LogP contribution in [-0.2, 0) is 19.8 Å². The monoisotopic (exact) mass is 521 g/mol. The van der Waals surface area contributed by atoms with Crippen molar-refractivity contribution >= 4 is 23.4 Å². The first-order valence-corrected chi connectivity index (χ1v) is 13.2. The van der Waals surface area contributed by atoms with Crippen LogP contribution in [0.2, 0.25) is 0 Å². The van der Waals surface area contributed by atoms with E-state index in [9.17, 15) is 19.5 Å². The van der Waals surface area contributed by atoms with Crippen molar-refractivity contribution in [3.63, 3.8) is 0 Å². The molecule has 1 aliphatic carbocycles. The Hall–Kier alpha value is -3.33. The Balaban J connectivity index is 1.49. The fourth-order valence-electron chi connectivity index (χ4n) is 7.71. The summed E-state index contributed by atoms with van der Waals surface area (Å²) >= 11 is 0. The number of benzene rings is 1. The molecule has 2 unspecified atom stereocenters. The fraction of sp³-hybridized carbons (Fsp3) is 0.552. The van der Waals surface area contributed by atoms with Gasteiger partial charge < -0.3 is 29.7 Å². The topological polar surface area (TPSA) is 108 Å². The molecule has 9 heteroatoms. The lowest BCUT2D eigenvalue weighted by molar-refractivity contribution is -0.165. The average Bonchev–Trinajstić information content (AvgIpc) is 3.15. The van der Waals surface area contributed by atoms with Crippen LogP contribution in [0.4, 0.5) is 5.69 Å². The van der Waals surface area contributed by atoms with Crippen molar-refractivity contribution in [3.8, 4) is 11.5 Å². The molecule has 0 bridgehead atoms. The van der Waals surface area contributed by atoms with Crippen LogP contribution in [0.1, 0.15) is 46.6 Å². The number of hydrogen-bond acceptors (Lipinski definition) is 6. The van der Waals surface area contributed by atoms with E-state index >= 15 is 0 Å². The number of ether oxygens (including phenoxy) is 2. The van der Waals surface area contributed by atoms with Crippen LogP contribution in [0.15, 0.2) is 36.6 Å². The summed E-state index contributed by atoms with van der Waals surface area (Å²) in [5.74, 6) is -0.198. The zero-order valence-electron chi connectivity index (χ0n) is 22.7. The van der Waals surface area contributed by atoms with Gasteiger partial charge in [-0.25, -0.2) is 0 Å². The number of hydrogen-bond donors (Lipinski definition) is 2. The number of piperazine rings is 1. The van der Waals surface area contributed by atoms with Gasteiger partial charge in [0.25, 0.3) is 0 Å². The Morgan fingerprint density at radius 3 is 2.61 bits per heavy atom. The number of aliphatic hydroxyl groups is 1. The van der Waals surface area contributed by atoms with Crippen molar-refractivity contribution in [2.75, 3.05) is 25.5 Å². The minimum absolute atomic E-state index is 0.146. The molecule has 6 rings (SSSR count). The SMILES string of the molecule is C[C@H]1C2(CN3C(=O)C=CC(CO)[C@@H]3C(=O)N2C)C[C@@]2(C(=O)Nc3c2ccc2c3OC=CC(C)(C)O2)C1(C)C. The van der Waals surface area contributed by atoms with Crippen LogP contribution < -0.4 is 14.8 Å². The first-order valence-electron chi connectivity index (χ1n) is 13.2. The van der Waals surface area contributed by atoms with E-state index in [1.807, 2.05) is 32.1 Å². The molecule has 0 aromatic heterocycles. The average molecular weight is 522 g/mol. The third kappa shape index (κ3) is 2.88. The summed E-state index contributed by atoms with van der Waals surface area (Å²) in [6.45, 7) is 10.2. The minimum Gasteiger partial charge on any atom is -0.480 e. The quantitative estimate of drug-likeness (QED) is 0.588. The highest BCUT2D eigenvalue weighted by Gasteiger charge is 2.73. The summed E-state index contributed by atoms with van der Waals surface area (Å²) in [6.07, 6.45) is 6.84. The van der Waals surface area contributed by atoms with Crippen molar-refractivity contribution < 1.29 is 29.0 Å². The molecule has 5 atom stereocenters. The van der Waals surface area contributed by atoms with E-state index < -0.39 is 33.9 Å². The zero-order valence-corrected chi connectivity index (χ0v) is 22.7. The van der Waals surface area contributed by atoms with Crippen molar-refractivity contribution in [2.45, 2.75) is 63.6 Å². The van der Waals surface area contributed by atoms with Gasteiger partial charge in [0, 0.05) is 19.5 Å². The number of likely N-dealkylation sites (N-methyl/N-ethyl adjacent to an activating group) is 1. The first-order chi connectivity index (χ1) is 17.8. The molecule has 9 nitrogen and oxygen atoms in total. The van der Waals surface area contributed by atoms with Gasteiger partial charge in [-0.3, -0.25) is 14.4 Å².